The normalized spacial score (nSPS) is 16.7. The van der Waals surface area contributed by atoms with E-state index in [-0.39, 0.29) is 11.8 Å². The van der Waals surface area contributed by atoms with Crippen molar-refractivity contribution in [2.45, 2.75) is 13.8 Å². The fourth-order valence-electron chi connectivity index (χ4n) is 2.87. The van der Waals surface area contributed by atoms with Gasteiger partial charge in [-0.25, -0.2) is 0 Å². The molecule has 0 N–H and O–H groups in total. The maximum Gasteiger partial charge on any atom is 0.236 e. The van der Waals surface area contributed by atoms with Crippen molar-refractivity contribution in [2.75, 3.05) is 50.7 Å². The minimum atomic E-state index is -0.117. The number of nitriles is 1. The first-order valence-electron chi connectivity index (χ1n) is 8.33. The number of likely N-dealkylation sites (N-methyl/N-ethyl adjacent to an activating group) is 1. The van der Waals surface area contributed by atoms with Crippen LogP contribution in [0, 0.1) is 17.2 Å². The maximum atomic E-state index is 12.4. The van der Waals surface area contributed by atoms with Crippen LogP contribution in [0.3, 0.4) is 0 Å². The molecule has 1 aromatic rings. The van der Waals surface area contributed by atoms with Crippen LogP contribution in [0.5, 0.6) is 0 Å². The Labute approximate surface area is 139 Å². The van der Waals surface area contributed by atoms with Gasteiger partial charge in [-0.15, -0.1) is 0 Å². The molecule has 0 radical (unpaired) electrons. The molecule has 1 aromatic carbocycles. The third-order valence-electron chi connectivity index (χ3n) is 4.30. The smallest absolute Gasteiger partial charge is 0.236 e. The lowest BCUT2D eigenvalue weighted by atomic mass is 10.2. The van der Waals surface area contributed by atoms with Crippen molar-refractivity contribution in [3.05, 3.63) is 30.3 Å². The van der Waals surface area contributed by atoms with Gasteiger partial charge in [-0.2, -0.15) is 5.26 Å². The largest absolute Gasteiger partial charge is 0.369 e. The second-order valence-electron chi connectivity index (χ2n) is 6.06. The van der Waals surface area contributed by atoms with Gasteiger partial charge in [0.25, 0.3) is 0 Å². The molecule has 1 aliphatic rings. The number of anilines is 1. The number of carbonyl (C=O) groups excluding carboxylic acids is 1. The molecular formula is C18H26N4O. The van der Waals surface area contributed by atoms with Gasteiger partial charge in [-0.3, -0.25) is 9.69 Å². The van der Waals surface area contributed by atoms with E-state index in [1.165, 1.54) is 5.69 Å². The molecule has 1 saturated heterocycles. The van der Waals surface area contributed by atoms with E-state index in [2.05, 4.69) is 40.1 Å². The van der Waals surface area contributed by atoms with Crippen molar-refractivity contribution in [3.8, 4) is 6.07 Å². The fraction of sp³-hybridized carbons (Fsp3) is 0.556. The van der Waals surface area contributed by atoms with E-state index in [0.29, 0.717) is 19.6 Å². The summed E-state index contributed by atoms with van der Waals surface area (Å²) in [6.45, 7) is 9.14. The average molecular weight is 314 g/mol. The summed E-state index contributed by atoms with van der Waals surface area (Å²) in [6, 6.07) is 12.6. The van der Waals surface area contributed by atoms with E-state index in [1.807, 2.05) is 19.9 Å². The lowest BCUT2D eigenvalue weighted by Gasteiger charge is -2.36. The molecule has 23 heavy (non-hydrogen) atoms. The SMILES string of the molecule is CCN(CC(C)C#N)C(=O)CN1CCN(c2ccccc2)CC1. The van der Waals surface area contributed by atoms with E-state index in [9.17, 15) is 4.79 Å². The Morgan fingerprint density at radius 3 is 2.48 bits per heavy atom. The number of rotatable bonds is 6. The Balaban J connectivity index is 1.81. The molecule has 0 aliphatic carbocycles. The summed E-state index contributed by atoms with van der Waals surface area (Å²) in [4.78, 5) is 18.8. The predicted molar refractivity (Wildman–Crippen MR) is 92.1 cm³/mol. The van der Waals surface area contributed by atoms with Gasteiger partial charge in [0.2, 0.25) is 5.91 Å². The van der Waals surface area contributed by atoms with Crippen molar-refractivity contribution in [1.82, 2.24) is 9.80 Å². The summed E-state index contributed by atoms with van der Waals surface area (Å²) in [5, 5.41) is 8.92. The zero-order valence-corrected chi connectivity index (χ0v) is 14.1. The molecule has 1 amide bonds. The summed E-state index contributed by atoms with van der Waals surface area (Å²) in [6.07, 6.45) is 0. The zero-order chi connectivity index (χ0) is 16.7. The van der Waals surface area contributed by atoms with Crippen LogP contribution in [0.25, 0.3) is 0 Å². The highest BCUT2D eigenvalue weighted by molar-refractivity contribution is 5.78. The van der Waals surface area contributed by atoms with Gasteiger partial charge in [0.05, 0.1) is 18.5 Å². The molecule has 0 bridgehead atoms. The van der Waals surface area contributed by atoms with E-state index in [1.54, 1.807) is 4.90 Å². The molecule has 2 rings (SSSR count). The highest BCUT2D eigenvalue weighted by atomic mass is 16.2. The monoisotopic (exact) mass is 314 g/mol. The number of carbonyl (C=O) groups is 1. The van der Waals surface area contributed by atoms with Gasteiger partial charge >= 0.3 is 0 Å². The van der Waals surface area contributed by atoms with Crippen molar-refractivity contribution >= 4 is 11.6 Å². The Morgan fingerprint density at radius 1 is 1.26 bits per heavy atom. The Kier molecular flexibility index (Phi) is 6.42. The number of benzene rings is 1. The third-order valence-corrected chi connectivity index (χ3v) is 4.30. The first-order valence-corrected chi connectivity index (χ1v) is 8.33. The van der Waals surface area contributed by atoms with Crippen molar-refractivity contribution < 1.29 is 4.79 Å². The van der Waals surface area contributed by atoms with Gasteiger partial charge in [0.15, 0.2) is 0 Å². The van der Waals surface area contributed by atoms with Crippen LogP contribution >= 0.6 is 0 Å². The van der Waals surface area contributed by atoms with E-state index in [0.717, 1.165) is 26.2 Å². The Hall–Kier alpha value is -2.06. The van der Waals surface area contributed by atoms with Crippen LogP contribution in [0.4, 0.5) is 5.69 Å². The fourth-order valence-corrected chi connectivity index (χ4v) is 2.87. The molecule has 1 aliphatic heterocycles. The second kappa shape index (κ2) is 8.54. The van der Waals surface area contributed by atoms with Crippen molar-refractivity contribution in [1.29, 1.82) is 5.26 Å². The number of hydrogen-bond donors (Lipinski definition) is 0. The minimum Gasteiger partial charge on any atom is -0.369 e. The highest BCUT2D eigenvalue weighted by Gasteiger charge is 2.22. The number of para-hydroxylation sites is 1. The predicted octanol–water partition coefficient (Wildman–Crippen LogP) is 1.82. The summed E-state index contributed by atoms with van der Waals surface area (Å²) < 4.78 is 0. The number of hydrogen-bond acceptors (Lipinski definition) is 4. The first-order chi connectivity index (χ1) is 11.1. The Morgan fingerprint density at radius 2 is 1.91 bits per heavy atom. The summed E-state index contributed by atoms with van der Waals surface area (Å²) in [7, 11) is 0. The molecule has 0 spiro atoms. The summed E-state index contributed by atoms with van der Waals surface area (Å²) in [5.41, 5.74) is 1.25. The highest BCUT2D eigenvalue weighted by Crippen LogP contribution is 2.15. The van der Waals surface area contributed by atoms with E-state index in [4.69, 9.17) is 5.26 Å². The van der Waals surface area contributed by atoms with E-state index >= 15 is 0 Å². The standard InChI is InChI=1S/C18H26N4O/c1-3-21(14-16(2)13-19)18(23)15-20-9-11-22(12-10-20)17-7-5-4-6-8-17/h4-8,16H,3,9-12,14-15H2,1-2H3. The molecule has 5 heteroatoms. The van der Waals surface area contributed by atoms with Gasteiger partial charge in [0.1, 0.15) is 0 Å². The second-order valence-corrected chi connectivity index (χ2v) is 6.06. The van der Waals surface area contributed by atoms with Crippen LogP contribution in [0.1, 0.15) is 13.8 Å². The number of piperazine rings is 1. The van der Waals surface area contributed by atoms with Gasteiger partial charge in [-0.1, -0.05) is 18.2 Å². The zero-order valence-electron chi connectivity index (χ0n) is 14.1. The lowest BCUT2D eigenvalue weighted by molar-refractivity contribution is -0.132. The minimum absolute atomic E-state index is 0.117. The first kappa shape index (κ1) is 17.3. The molecule has 0 saturated carbocycles. The topological polar surface area (TPSA) is 50.6 Å². The molecule has 1 heterocycles. The number of nitrogens with zero attached hydrogens (tertiary/aromatic N) is 4. The average Bonchev–Trinajstić information content (AvgIpc) is 2.60. The van der Waals surface area contributed by atoms with Gasteiger partial charge in [-0.05, 0) is 26.0 Å². The summed E-state index contributed by atoms with van der Waals surface area (Å²) >= 11 is 0. The molecule has 5 nitrogen and oxygen atoms in total. The molecule has 1 unspecified atom stereocenters. The van der Waals surface area contributed by atoms with Crippen LogP contribution in [0.15, 0.2) is 30.3 Å². The van der Waals surface area contributed by atoms with Crippen LogP contribution in [-0.4, -0.2) is 61.5 Å². The van der Waals surface area contributed by atoms with E-state index < -0.39 is 0 Å². The van der Waals surface area contributed by atoms with Crippen molar-refractivity contribution in [3.63, 3.8) is 0 Å². The molecule has 1 fully saturated rings. The van der Waals surface area contributed by atoms with Gasteiger partial charge < -0.3 is 9.80 Å². The Bertz CT molecular complexity index is 532. The lowest BCUT2D eigenvalue weighted by Crippen LogP contribution is -2.50. The van der Waals surface area contributed by atoms with Crippen LogP contribution < -0.4 is 4.90 Å². The molecule has 1 atom stereocenters. The maximum absolute atomic E-state index is 12.4. The van der Waals surface area contributed by atoms with Crippen LogP contribution in [0.2, 0.25) is 0 Å². The van der Waals surface area contributed by atoms with Crippen LogP contribution in [-0.2, 0) is 4.79 Å². The molecule has 124 valence electrons. The van der Waals surface area contributed by atoms with Crippen molar-refractivity contribution in [2.24, 2.45) is 5.92 Å². The molecule has 0 aromatic heterocycles. The third kappa shape index (κ3) is 4.97. The quantitative estimate of drug-likeness (QED) is 0.804. The van der Waals surface area contributed by atoms with Gasteiger partial charge in [0, 0.05) is 45.0 Å². The molecular weight excluding hydrogens is 288 g/mol. The number of amides is 1. The summed E-state index contributed by atoms with van der Waals surface area (Å²) in [5.74, 6) is 0.0107.